The van der Waals surface area contributed by atoms with Crippen LogP contribution in [0.4, 0.5) is 0 Å². The molecule has 100 valence electrons. The van der Waals surface area contributed by atoms with E-state index in [1.54, 1.807) is 4.90 Å². The van der Waals surface area contributed by atoms with Crippen LogP contribution in [0.25, 0.3) is 0 Å². The first-order valence-corrected chi connectivity index (χ1v) is 6.33. The molecule has 0 aliphatic carbocycles. The molecule has 1 aliphatic rings. The topological polar surface area (TPSA) is 66.6 Å². The van der Waals surface area contributed by atoms with E-state index >= 15 is 0 Å². The highest BCUT2D eigenvalue weighted by molar-refractivity contribution is 5.83. The van der Waals surface area contributed by atoms with E-state index in [-0.39, 0.29) is 11.8 Å². The van der Waals surface area contributed by atoms with Crippen LogP contribution in [0.3, 0.4) is 0 Å². The monoisotopic (exact) mass is 242 g/mol. The van der Waals surface area contributed by atoms with Crippen LogP contribution in [-0.2, 0) is 4.79 Å². The second kappa shape index (κ2) is 4.58. The molecule has 0 bridgehead atoms. The molecule has 1 amide bonds. The van der Waals surface area contributed by atoms with Crippen molar-refractivity contribution in [1.82, 2.24) is 4.90 Å². The number of β-amino-alcohol motifs (C(OH)–C–C–N with tert-alkyl or cyclic N) is 1. The van der Waals surface area contributed by atoms with Crippen molar-refractivity contribution in [3.8, 4) is 0 Å². The lowest BCUT2D eigenvalue weighted by Gasteiger charge is -2.43. The standard InChI is InChI=1S/C13H26N2O2/c1-9-6-7-15(8-10(9)16)11(17)12(2,3)13(4,5)14/h9-10,16H,6-8,14H2,1-5H3. The van der Waals surface area contributed by atoms with E-state index in [0.29, 0.717) is 6.54 Å². The normalized spacial score (nSPS) is 27.1. The summed E-state index contributed by atoms with van der Waals surface area (Å²) in [5.41, 5.74) is 4.88. The van der Waals surface area contributed by atoms with Gasteiger partial charge in [-0.05, 0) is 40.0 Å². The van der Waals surface area contributed by atoms with Crippen molar-refractivity contribution < 1.29 is 9.90 Å². The predicted molar refractivity (Wildman–Crippen MR) is 68.4 cm³/mol. The van der Waals surface area contributed by atoms with E-state index < -0.39 is 17.1 Å². The van der Waals surface area contributed by atoms with Gasteiger partial charge in [0.2, 0.25) is 5.91 Å². The lowest BCUT2D eigenvalue weighted by molar-refractivity contribution is -0.147. The molecule has 0 aromatic carbocycles. The van der Waals surface area contributed by atoms with Crippen LogP contribution in [0.15, 0.2) is 0 Å². The number of aliphatic hydroxyl groups is 1. The molecule has 4 nitrogen and oxygen atoms in total. The highest BCUT2D eigenvalue weighted by Gasteiger charge is 2.44. The number of rotatable bonds is 2. The Kier molecular flexibility index (Phi) is 3.89. The van der Waals surface area contributed by atoms with E-state index in [1.807, 2.05) is 34.6 Å². The van der Waals surface area contributed by atoms with Gasteiger partial charge in [0.05, 0.1) is 11.5 Å². The minimum absolute atomic E-state index is 0.0379. The van der Waals surface area contributed by atoms with Crippen molar-refractivity contribution in [1.29, 1.82) is 0 Å². The molecule has 1 saturated heterocycles. The van der Waals surface area contributed by atoms with Crippen molar-refractivity contribution in [3.05, 3.63) is 0 Å². The Labute approximate surface area is 104 Å². The minimum Gasteiger partial charge on any atom is -0.391 e. The second-order valence-corrected chi connectivity index (χ2v) is 6.43. The van der Waals surface area contributed by atoms with Crippen molar-refractivity contribution in [2.75, 3.05) is 13.1 Å². The zero-order valence-corrected chi connectivity index (χ0v) is 11.7. The molecule has 0 saturated carbocycles. The summed E-state index contributed by atoms with van der Waals surface area (Å²) < 4.78 is 0. The summed E-state index contributed by atoms with van der Waals surface area (Å²) in [6.07, 6.45) is 0.443. The van der Waals surface area contributed by atoms with E-state index in [2.05, 4.69) is 0 Å². The molecule has 1 heterocycles. The molecule has 2 unspecified atom stereocenters. The summed E-state index contributed by atoms with van der Waals surface area (Å²) in [5.74, 6) is 0.309. The molecule has 3 N–H and O–H groups in total. The first-order valence-electron chi connectivity index (χ1n) is 6.33. The number of hydrogen-bond acceptors (Lipinski definition) is 3. The van der Waals surface area contributed by atoms with Crippen LogP contribution >= 0.6 is 0 Å². The number of nitrogens with zero attached hydrogens (tertiary/aromatic N) is 1. The third-order valence-electron chi connectivity index (χ3n) is 4.35. The van der Waals surface area contributed by atoms with Crippen LogP contribution in [-0.4, -0.2) is 40.6 Å². The summed E-state index contributed by atoms with van der Waals surface area (Å²) in [6.45, 7) is 10.7. The molecule has 0 aromatic rings. The zero-order valence-electron chi connectivity index (χ0n) is 11.7. The predicted octanol–water partition coefficient (Wildman–Crippen LogP) is 0.979. The number of nitrogens with two attached hydrogens (primary N) is 1. The summed E-state index contributed by atoms with van der Waals surface area (Å²) >= 11 is 0. The third kappa shape index (κ3) is 2.80. The molecular weight excluding hydrogens is 216 g/mol. The first kappa shape index (κ1) is 14.5. The van der Waals surface area contributed by atoms with Gasteiger partial charge >= 0.3 is 0 Å². The fourth-order valence-electron chi connectivity index (χ4n) is 1.90. The van der Waals surface area contributed by atoms with Crippen molar-refractivity contribution in [2.45, 2.75) is 52.7 Å². The maximum Gasteiger partial charge on any atom is 0.230 e. The van der Waals surface area contributed by atoms with Gasteiger partial charge in [0.25, 0.3) is 0 Å². The number of amides is 1. The largest absolute Gasteiger partial charge is 0.391 e. The molecule has 0 spiro atoms. The van der Waals surface area contributed by atoms with Crippen LogP contribution < -0.4 is 5.73 Å². The van der Waals surface area contributed by atoms with Gasteiger partial charge in [-0.15, -0.1) is 0 Å². The molecule has 2 atom stereocenters. The van der Waals surface area contributed by atoms with Crippen LogP contribution in [0, 0.1) is 11.3 Å². The Morgan fingerprint density at radius 3 is 2.29 bits per heavy atom. The first-order chi connectivity index (χ1) is 7.57. The van der Waals surface area contributed by atoms with Gasteiger partial charge in [0, 0.05) is 18.6 Å². The van der Waals surface area contributed by atoms with Crippen molar-refractivity contribution >= 4 is 5.91 Å². The molecule has 0 aromatic heterocycles. The maximum atomic E-state index is 12.5. The molecule has 1 fully saturated rings. The zero-order chi connectivity index (χ0) is 13.4. The Hall–Kier alpha value is -0.610. The maximum absolute atomic E-state index is 12.5. The average molecular weight is 242 g/mol. The van der Waals surface area contributed by atoms with E-state index in [9.17, 15) is 9.90 Å². The Balaban J connectivity index is 2.78. The Morgan fingerprint density at radius 1 is 1.35 bits per heavy atom. The Bertz CT molecular complexity index is 294. The fraction of sp³-hybridized carbons (Fsp3) is 0.923. The molecule has 4 heteroatoms. The quantitative estimate of drug-likeness (QED) is 0.758. The minimum atomic E-state index is -0.618. The van der Waals surface area contributed by atoms with E-state index in [4.69, 9.17) is 5.73 Å². The average Bonchev–Trinajstić information content (AvgIpc) is 2.19. The highest BCUT2D eigenvalue weighted by Crippen LogP contribution is 2.32. The number of carbonyl (C=O) groups is 1. The second-order valence-electron chi connectivity index (χ2n) is 6.43. The van der Waals surface area contributed by atoms with Crippen LogP contribution in [0.2, 0.25) is 0 Å². The summed E-state index contributed by atoms with van der Waals surface area (Å²) in [7, 11) is 0. The molecule has 17 heavy (non-hydrogen) atoms. The van der Waals surface area contributed by atoms with E-state index in [1.165, 1.54) is 0 Å². The van der Waals surface area contributed by atoms with E-state index in [0.717, 1.165) is 13.0 Å². The van der Waals surface area contributed by atoms with Crippen LogP contribution in [0.5, 0.6) is 0 Å². The van der Waals surface area contributed by atoms with Gasteiger partial charge in [-0.1, -0.05) is 6.92 Å². The van der Waals surface area contributed by atoms with Gasteiger partial charge in [0.1, 0.15) is 0 Å². The number of piperidine rings is 1. The third-order valence-corrected chi connectivity index (χ3v) is 4.35. The summed E-state index contributed by atoms with van der Waals surface area (Å²) in [5, 5.41) is 9.84. The van der Waals surface area contributed by atoms with Crippen LogP contribution in [0.1, 0.15) is 41.0 Å². The SMILES string of the molecule is CC1CCN(C(=O)C(C)(C)C(C)(C)N)CC1O. The van der Waals surface area contributed by atoms with Gasteiger partial charge in [-0.25, -0.2) is 0 Å². The van der Waals surface area contributed by atoms with Gasteiger partial charge in [-0.2, -0.15) is 0 Å². The van der Waals surface area contributed by atoms with Crippen molar-refractivity contribution in [3.63, 3.8) is 0 Å². The lowest BCUT2D eigenvalue weighted by Crippen LogP contribution is -2.59. The molecule has 1 rings (SSSR count). The molecule has 0 radical (unpaired) electrons. The lowest BCUT2D eigenvalue weighted by atomic mass is 9.73. The van der Waals surface area contributed by atoms with Gasteiger partial charge in [-0.3, -0.25) is 4.79 Å². The number of aliphatic hydroxyl groups excluding tert-OH is 1. The number of carbonyl (C=O) groups excluding carboxylic acids is 1. The van der Waals surface area contributed by atoms with Gasteiger partial charge < -0.3 is 15.7 Å². The molecular formula is C13H26N2O2. The number of likely N-dealkylation sites (tertiary alicyclic amines) is 1. The summed E-state index contributed by atoms with van der Waals surface area (Å²) in [6, 6.07) is 0. The fourth-order valence-corrected chi connectivity index (χ4v) is 1.90. The van der Waals surface area contributed by atoms with Gasteiger partial charge in [0.15, 0.2) is 0 Å². The van der Waals surface area contributed by atoms with Crippen molar-refractivity contribution in [2.24, 2.45) is 17.1 Å². The Morgan fingerprint density at radius 2 is 1.88 bits per heavy atom. The molecule has 1 aliphatic heterocycles. The highest BCUT2D eigenvalue weighted by atomic mass is 16.3. The summed E-state index contributed by atoms with van der Waals surface area (Å²) in [4.78, 5) is 14.2. The number of hydrogen-bond donors (Lipinski definition) is 2. The smallest absolute Gasteiger partial charge is 0.230 e.